The van der Waals surface area contributed by atoms with Gasteiger partial charge in [-0.15, -0.1) is 0 Å². The lowest BCUT2D eigenvalue weighted by molar-refractivity contribution is 0.464. The Hall–Kier alpha value is -1.87. The number of hydrogen-bond donors (Lipinski definition) is 1. The van der Waals surface area contributed by atoms with Crippen LogP contribution < -0.4 is 10.1 Å². The number of ether oxygens (including phenoxy) is 1. The van der Waals surface area contributed by atoms with Crippen LogP contribution in [0.2, 0.25) is 0 Å². The molecule has 0 unspecified atom stereocenters. The minimum absolute atomic E-state index is 0.251. The lowest BCUT2D eigenvalue weighted by Gasteiger charge is -2.12. The minimum atomic E-state index is -0.251. The van der Waals surface area contributed by atoms with Crippen molar-refractivity contribution in [3.05, 3.63) is 59.4 Å². The Balaban J connectivity index is 2.19. The molecule has 2 aromatic carbocycles. The van der Waals surface area contributed by atoms with Crippen LogP contribution in [0.25, 0.3) is 0 Å². The predicted octanol–water partition coefficient (Wildman–Crippen LogP) is 4.29. The van der Waals surface area contributed by atoms with Gasteiger partial charge in [0.1, 0.15) is 17.3 Å². The Morgan fingerprint density at radius 3 is 2.50 bits per heavy atom. The van der Waals surface area contributed by atoms with Crippen molar-refractivity contribution >= 4 is 0 Å². The van der Waals surface area contributed by atoms with Crippen LogP contribution in [0.15, 0.2) is 42.5 Å². The van der Waals surface area contributed by atoms with Crippen molar-refractivity contribution in [2.45, 2.75) is 26.3 Å². The number of benzene rings is 2. The van der Waals surface area contributed by atoms with Crippen LogP contribution in [-0.2, 0) is 13.0 Å². The van der Waals surface area contributed by atoms with Crippen LogP contribution in [0.1, 0.15) is 24.5 Å². The summed E-state index contributed by atoms with van der Waals surface area (Å²) in [6, 6.07) is 12.9. The zero-order valence-electron chi connectivity index (χ0n) is 11.9. The van der Waals surface area contributed by atoms with Crippen LogP contribution >= 0.6 is 0 Å². The molecule has 0 radical (unpaired) electrons. The SMILES string of the molecule is CCCc1ccc(Oc2cccc(F)c2CNC)cc1. The van der Waals surface area contributed by atoms with E-state index in [9.17, 15) is 4.39 Å². The van der Waals surface area contributed by atoms with Crippen molar-refractivity contribution in [1.82, 2.24) is 5.32 Å². The van der Waals surface area contributed by atoms with Crippen molar-refractivity contribution in [3.8, 4) is 11.5 Å². The third-order valence-corrected chi connectivity index (χ3v) is 3.12. The largest absolute Gasteiger partial charge is 0.457 e. The molecule has 106 valence electrons. The van der Waals surface area contributed by atoms with Gasteiger partial charge in [0.25, 0.3) is 0 Å². The molecule has 0 bridgehead atoms. The molecule has 0 aromatic heterocycles. The summed E-state index contributed by atoms with van der Waals surface area (Å²) in [5, 5.41) is 2.96. The average molecular weight is 273 g/mol. The molecule has 0 atom stereocenters. The topological polar surface area (TPSA) is 21.3 Å². The highest BCUT2D eigenvalue weighted by atomic mass is 19.1. The van der Waals surface area contributed by atoms with E-state index in [-0.39, 0.29) is 5.82 Å². The number of nitrogens with one attached hydrogen (secondary N) is 1. The molecule has 0 saturated heterocycles. The Morgan fingerprint density at radius 1 is 1.10 bits per heavy atom. The summed E-state index contributed by atoms with van der Waals surface area (Å²) in [5.41, 5.74) is 1.84. The molecule has 0 saturated carbocycles. The smallest absolute Gasteiger partial charge is 0.134 e. The highest BCUT2D eigenvalue weighted by Crippen LogP contribution is 2.27. The Morgan fingerprint density at radius 2 is 1.85 bits per heavy atom. The van der Waals surface area contributed by atoms with Crippen molar-refractivity contribution in [1.29, 1.82) is 0 Å². The van der Waals surface area contributed by atoms with E-state index in [1.165, 1.54) is 11.6 Å². The molecule has 2 rings (SSSR count). The predicted molar refractivity (Wildman–Crippen MR) is 79.7 cm³/mol. The van der Waals surface area contributed by atoms with E-state index in [4.69, 9.17) is 4.74 Å². The number of rotatable bonds is 6. The summed E-state index contributed by atoms with van der Waals surface area (Å²) in [6.07, 6.45) is 2.18. The summed E-state index contributed by atoms with van der Waals surface area (Å²) < 4.78 is 19.6. The highest BCUT2D eigenvalue weighted by Gasteiger charge is 2.09. The number of hydrogen-bond acceptors (Lipinski definition) is 2. The second-order valence-corrected chi connectivity index (χ2v) is 4.74. The van der Waals surface area contributed by atoms with Crippen molar-refractivity contribution in [2.75, 3.05) is 7.05 Å². The zero-order valence-corrected chi connectivity index (χ0v) is 11.9. The van der Waals surface area contributed by atoms with Gasteiger partial charge in [-0.05, 0) is 43.3 Å². The first kappa shape index (κ1) is 14.5. The van der Waals surface area contributed by atoms with E-state index in [1.54, 1.807) is 19.2 Å². The van der Waals surface area contributed by atoms with E-state index in [1.807, 2.05) is 12.1 Å². The standard InChI is InChI=1S/C17H20FNO/c1-3-5-13-8-10-14(11-9-13)20-17-7-4-6-16(18)15(17)12-19-2/h4,6-11,19H,3,5,12H2,1-2H3. The highest BCUT2D eigenvalue weighted by molar-refractivity contribution is 5.39. The third-order valence-electron chi connectivity index (χ3n) is 3.12. The molecule has 2 nitrogen and oxygen atoms in total. The molecule has 0 amide bonds. The Bertz CT molecular complexity index is 551. The summed E-state index contributed by atoms with van der Waals surface area (Å²) in [7, 11) is 1.79. The summed E-state index contributed by atoms with van der Waals surface area (Å²) >= 11 is 0. The molecule has 0 heterocycles. The van der Waals surface area contributed by atoms with Gasteiger partial charge in [0.15, 0.2) is 0 Å². The monoisotopic (exact) mass is 273 g/mol. The molecule has 1 N–H and O–H groups in total. The van der Waals surface area contributed by atoms with Gasteiger partial charge < -0.3 is 10.1 Å². The van der Waals surface area contributed by atoms with Gasteiger partial charge in [-0.2, -0.15) is 0 Å². The van der Waals surface area contributed by atoms with Crippen molar-refractivity contribution in [3.63, 3.8) is 0 Å². The average Bonchev–Trinajstić information content (AvgIpc) is 2.45. The fraction of sp³-hybridized carbons (Fsp3) is 0.294. The molecule has 0 fully saturated rings. The maximum Gasteiger partial charge on any atom is 0.134 e. The maximum absolute atomic E-state index is 13.8. The number of halogens is 1. The third kappa shape index (κ3) is 3.58. The van der Waals surface area contributed by atoms with Crippen LogP contribution in [0.5, 0.6) is 11.5 Å². The molecule has 2 aromatic rings. The van der Waals surface area contributed by atoms with Crippen LogP contribution in [0.3, 0.4) is 0 Å². The molecule has 3 heteroatoms. The number of aryl methyl sites for hydroxylation is 1. The first-order valence-electron chi connectivity index (χ1n) is 6.93. The van der Waals surface area contributed by atoms with E-state index < -0.39 is 0 Å². The summed E-state index contributed by atoms with van der Waals surface area (Å²) in [6.45, 7) is 2.59. The first-order valence-corrected chi connectivity index (χ1v) is 6.93. The summed E-state index contributed by atoms with van der Waals surface area (Å²) in [4.78, 5) is 0. The normalized spacial score (nSPS) is 10.6. The molecule has 0 aliphatic carbocycles. The second kappa shape index (κ2) is 7.06. The molecular formula is C17H20FNO. The minimum Gasteiger partial charge on any atom is -0.457 e. The molecule has 20 heavy (non-hydrogen) atoms. The quantitative estimate of drug-likeness (QED) is 0.847. The molecule has 0 aliphatic heterocycles. The van der Waals surface area contributed by atoms with Gasteiger partial charge in [0.2, 0.25) is 0 Å². The van der Waals surface area contributed by atoms with Crippen LogP contribution in [0.4, 0.5) is 4.39 Å². The van der Waals surface area contributed by atoms with Gasteiger partial charge in [0.05, 0.1) is 0 Å². The van der Waals surface area contributed by atoms with Crippen LogP contribution in [0, 0.1) is 5.82 Å². The molecule has 0 aliphatic rings. The van der Waals surface area contributed by atoms with Crippen molar-refractivity contribution < 1.29 is 9.13 Å². The molecule has 0 spiro atoms. The maximum atomic E-state index is 13.8. The lowest BCUT2D eigenvalue weighted by Crippen LogP contribution is -2.08. The fourth-order valence-corrected chi connectivity index (χ4v) is 2.12. The zero-order chi connectivity index (χ0) is 14.4. The van der Waals surface area contributed by atoms with Gasteiger partial charge in [-0.1, -0.05) is 31.5 Å². The molecular weight excluding hydrogens is 253 g/mol. The van der Waals surface area contributed by atoms with Gasteiger partial charge in [-0.3, -0.25) is 0 Å². The van der Waals surface area contributed by atoms with Gasteiger partial charge in [-0.25, -0.2) is 4.39 Å². The van der Waals surface area contributed by atoms with E-state index in [2.05, 4.69) is 24.4 Å². The van der Waals surface area contributed by atoms with E-state index in [0.717, 1.165) is 18.6 Å². The Labute approximate surface area is 119 Å². The first-order chi connectivity index (χ1) is 9.74. The second-order valence-electron chi connectivity index (χ2n) is 4.74. The Kier molecular flexibility index (Phi) is 5.13. The van der Waals surface area contributed by atoms with Crippen molar-refractivity contribution in [2.24, 2.45) is 0 Å². The summed E-state index contributed by atoms with van der Waals surface area (Å²) in [5.74, 6) is 1.04. The fourth-order valence-electron chi connectivity index (χ4n) is 2.12. The van der Waals surface area contributed by atoms with E-state index >= 15 is 0 Å². The van der Waals surface area contributed by atoms with Crippen LogP contribution in [-0.4, -0.2) is 7.05 Å². The lowest BCUT2D eigenvalue weighted by atomic mass is 10.1. The van der Waals surface area contributed by atoms with E-state index in [0.29, 0.717) is 17.9 Å². The van der Waals surface area contributed by atoms with Gasteiger partial charge in [0, 0.05) is 12.1 Å². The van der Waals surface area contributed by atoms with Gasteiger partial charge >= 0.3 is 0 Å².